The van der Waals surface area contributed by atoms with Crippen molar-refractivity contribution in [1.82, 2.24) is 10.3 Å². The molecule has 0 bridgehead atoms. The minimum atomic E-state index is -2.71. The number of anilines is 1. The fourth-order valence-electron chi connectivity index (χ4n) is 3.18. The molecular weight excluding hydrogens is 438 g/mol. The van der Waals surface area contributed by atoms with Gasteiger partial charge in [0.15, 0.2) is 11.5 Å². The van der Waals surface area contributed by atoms with Gasteiger partial charge in [-0.1, -0.05) is 19.1 Å². The zero-order valence-electron chi connectivity index (χ0n) is 16.7. The highest BCUT2D eigenvalue weighted by Crippen LogP contribution is 2.33. The molecule has 2 N–H and O–H groups in total. The van der Waals surface area contributed by atoms with Gasteiger partial charge >= 0.3 is 0 Å². The van der Waals surface area contributed by atoms with Gasteiger partial charge in [0, 0.05) is 16.6 Å². The van der Waals surface area contributed by atoms with Crippen LogP contribution in [0.3, 0.4) is 0 Å². The van der Waals surface area contributed by atoms with Gasteiger partial charge in [0.1, 0.15) is 5.01 Å². The summed E-state index contributed by atoms with van der Waals surface area (Å²) >= 11 is 1.51. The summed E-state index contributed by atoms with van der Waals surface area (Å²) in [6, 6.07) is 11.8. The number of aryl methyl sites for hydroxylation is 1. The second kappa shape index (κ2) is 9.36. The van der Waals surface area contributed by atoms with E-state index in [4.69, 9.17) is 9.47 Å². The highest BCUT2D eigenvalue weighted by molar-refractivity contribution is 7.73. The van der Waals surface area contributed by atoms with Crippen molar-refractivity contribution in [1.29, 1.82) is 0 Å². The van der Waals surface area contributed by atoms with E-state index in [2.05, 4.69) is 15.0 Å². The van der Waals surface area contributed by atoms with Crippen LogP contribution >= 0.6 is 11.3 Å². The molecule has 31 heavy (non-hydrogen) atoms. The molecular formula is C21H21N3O5S2. The van der Waals surface area contributed by atoms with Crippen LogP contribution in [0, 0.1) is 0 Å². The Balaban J connectivity index is 1.54. The molecule has 0 aliphatic carbocycles. The number of thiazole rings is 1. The molecule has 3 aromatic rings. The van der Waals surface area contributed by atoms with Crippen molar-refractivity contribution < 1.29 is 22.7 Å². The fraction of sp³-hybridized carbons (Fsp3) is 0.238. The van der Waals surface area contributed by atoms with E-state index in [1.165, 1.54) is 11.3 Å². The van der Waals surface area contributed by atoms with Crippen molar-refractivity contribution in [3.05, 3.63) is 69.7 Å². The molecule has 0 spiro atoms. The zero-order valence-corrected chi connectivity index (χ0v) is 18.4. The smallest absolute Gasteiger partial charge is 0.251 e. The molecule has 2 heterocycles. The van der Waals surface area contributed by atoms with E-state index in [0.717, 1.165) is 22.7 Å². The van der Waals surface area contributed by atoms with Crippen LogP contribution in [0.1, 0.15) is 39.6 Å². The maximum absolute atomic E-state index is 13.0. The van der Waals surface area contributed by atoms with Gasteiger partial charge in [-0.05, 0) is 48.7 Å². The minimum Gasteiger partial charge on any atom is -0.454 e. The quantitative estimate of drug-likeness (QED) is 0.447. The van der Waals surface area contributed by atoms with Crippen LogP contribution in [0.2, 0.25) is 0 Å². The summed E-state index contributed by atoms with van der Waals surface area (Å²) in [6.07, 6.45) is 1.32. The van der Waals surface area contributed by atoms with Crippen molar-refractivity contribution in [3.63, 3.8) is 0 Å². The van der Waals surface area contributed by atoms with Gasteiger partial charge in [0.25, 0.3) is 5.91 Å². The van der Waals surface area contributed by atoms with E-state index in [0.29, 0.717) is 29.2 Å². The number of fused-ring (bicyclic) bond motifs is 1. The van der Waals surface area contributed by atoms with E-state index in [1.54, 1.807) is 30.3 Å². The monoisotopic (exact) mass is 459 g/mol. The summed E-state index contributed by atoms with van der Waals surface area (Å²) in [4.78, 5) is 17.6. The average molecular weight is 460 g/mol. The van der Waals surface area contributed by atoms with Crippen LogP contribution in [0.4, 0.5) is 5.69 Å². The summed E-state index contributed by atoms with van der Waals surface area (Å²) < 4.78 is 34.7. The Labute approximate surface area is 185 Å². The molecule has 0 fully saturated rings. The minimum absolute atomic E-state index is 0.146. The van der Waals surface area contributed by atoms with Crippen LogP contribution in [0.15, 0.2) is 47.8 Å². The number of hydrogen-bond donors (Lipinski definition) is 3. The number of rotatable bonds is 8. The largest absolute Gasteiger partial charge is 0.454 e. The number of carbonyl (C=O) groups is 1. The molecule has 0 saturated heterocycles. The highest BCUT2D eigenvalue weighted by atomic mass is 32.2. The van der Waals surface area contributed by atoms with Crippen molar-refractivity contribution in [2.24, 2.45) is 0 Å². The Bertz CT molecular complexity index is 1150. The molecule has 0 radical (unpaired) electrons. The van der Waals surface area contributed by atoms with Crippen LogP contribution in [0.25, 0.3) is 0 Å². The van der Waals surface area contributed by atoms with Gasteiger partial charge in [0.2, 0.25) is 17.7 Å². The van der Waals surface area contributed by atoms with Crippen molar-refractivity contribution in [3.8, 4) is 11.5 Å². The predicted octanol–water partition coefficient (Wildman–Crippen LogP) is 3.09. The number of benzene rings is 2. The molecule has 2 aromatic carbocycles. The summed E-state index contributed by atoms with van der Waals surface area (Å²) in [5.41, 5.74) is 2.88. The van der Waals surface area contributed by atoms with E-state index in [1.807, 2.05) is 24.4 Å². The summed E-state index contributed by atoms with van der Waals surface area (Å²) in [5, 5.41) is 5.88. The molecule has 1 atom stereocenters. The number of hydrogen-bond acceptors (Lipinski definition) is 7. The second-order valence-corrected chi connectivity index (χ2v) is 8.52. The first kappa shape index (κ1) is 21.1. The second-order valence-electron chi connectivity index (χ2n) is 6.89. The Kier molecular flexibility index (Phi) is 6.38. The van der Waals surface area contributed by atoms with Gasteiger partial charge < -0.3 is 14.8 Å². The zero-order chi connectivity index (χ0) is 21.8. The number of ether oxygens (including phenoxy) is 2. The SMILES string of the molecule is CCc1csc([C@H](Cc2ccc(N[SH](=O)=O)cc2)NC(=O)c2ccc3c(c2)OCO3)n1. The first-order chi connectivity index (χ1) is 15.0. The molecule has 1 amide bonds. The number of amides is 1. The maximum atomic E-state index is 13.0. The van der Waals surface area contributed by atoms with Crippen LogP contribution in [-0.4, -0.2) is 26.1 Å². The van der Waals surface area contributed by atoms with Crippen molar-refractivity contribution in [2.75, 3.05) is 11.5 Å². The van der Waals surface area contributed by atoms with E-state index in [9.17, 15) is 13.2 Å². The van der Waals surface area contributed by atoms with Gasteiger partial charge in [-0.15, -0.1) is 11.3 Å². The third-order valence-corrected chi connectivity index (χ3v) is 6.23. The lowest BCUT2D eigenvalue weighted by Gasteiger charge is -2.17. The Morgan fingerprint density at radius 1 is 1.16 bits per heavy atom. The highest BCUT2D eigenvalue weighted by Gasteiger charge is 2.22. The third-order valence-electron chi connectivity index (χ3n) is 4.78. The molecule has 0 saturated carbocycles. The molecule has 1 aliphatic heterocycles. The fourth-order valence-corrected chi connectivity index (χ4v) is 4.49. The van der Waals surface area contributed by atoms with Crippen molar-refractivity contribution in [2.45, 2.75) is 25.8 Å². The molecule has 1 aliphatic rings. The first-order valence-electron chi connectivity index (χ1n) is 9.66. The normalized spacial score (nSPS) is 13.2. The molecule has 10 heteroatoms. The standard InChI is InChI=1S/C21H21N3O5S2/c1-2-15-11-30-21(22-15)17(9-13-3-6-16(7-4-13)24-31(26)27)23-20(25)14-5-8-18-19(10-14)29-12-28-18/h3-8,10-11,17,31H,2,9,12H2,1H3,(H,23,25)(H,24,26,27)/t17-/m0/s1. The summed E-state index contributed by atoms with van der Waals surface area (Å²) in [5.74, 6) is 0.929. The van der Waals surface area contributed by atoms with Gasteiger partial charge in [-0.3, -0.25) is 9.52 Å². The van der Waals surface area contributed by atoms with Gasteiger partial charge in [-0.25, -0.2) is 13.4 Å². The maximum Gasteiger partial charge on any atom is 0.251 e. The lowest BCUT2D eigenvalue weighted by molar-refractivity contribution is 0.0936. The first-order valence-corrected chi connectivity index (χ1v) is 11.7. The van der Waals surface area contributed by atoms with Crippen LogP contribution in [-0.2, 0) is 23.7 Å². The van der Waals surface area contributed by atoms with E-state index < -0.39 is 10.9 Å². The number of thiol groups is 1. The molecule has 0 unspecified atom stereocenters. The predicted molar refractivity (Wildman–Crippen MR) is 118 cm³/mol. The number of aromatic nitrogens is 1. The molecule has 1 aromatic heterocycles. The molecule has 162 valence electrons. The molecule has 8 nitrogen and oxygen atoms in total. The average Bonchev–Trinajstić information content (AvgIpc) is 3.43. The van der Waals surface area contributed by atoms with Crippen LogP contribution < -0.4 is 19.5 Å². The Hall–Kier alpha value is -3.11. The van der Waals surface area contributed by atoms with Gasteiger partial charge in [0.05, 0.1) is 11.7 Å². The number of nitrogens with one attached hydrogen (secondary N) is 2. The van der Waals surface area contributed by atoms with Gasteiger partial charge in [-0.2, -0.15) is 0 Å². The number of nitrogens with zero attached hydrogens (tertiary/aromatic N) is 1. The summed E-state index contributed by atoms with van der Waals surface area (Å²) in [7, 11) is -2.71. The van der Waals surface area contributed by atoms with Crippen LogP contribution in [0.5, 0.6) is 11.5 Å². The molecule has 4 rings (SSSR count). The topological polar surface area (TPSA) is 107 Å². The lowest BCUT2D eigenvalue weighted by Crippen LogP contribution is -2.30. The van der Waals surface area contributed by atoms with Crippen molar-refractivity contribution >= 4 is 33.8 Å². The lowest BCUT2D eigenvalue weighted by atomic mass is 10.0. The number of carbonyl (C=O) groups excluding carboxylic acids is 1. The Morgan fingerprint density at radius 2 is 1.94 bits per heavy atom. The Morgan fingerprint density at radius 3 is 2.65 bits per heavy atom. The van der Waals surface area contributed by atoms with E-state index >= 15 is 0 Å². The van der Waals surface area contributed by atoms with E-state index in [-0.39, 0.29) is 18.7 Å². The third kappa shape index (κ3) is 5.15. The summed E-state index contributed by atoms with van der Waals surface area (Å²) in [6.45, 7) is 2.18.